The molecule has 2 aromatic rings. The summed E-state index contributed by atoms with van der Waals surface area (Å²) in [5, 5.41) is 0.547. The van der Waals surface area contributed by atoms with Crippen LogP contribution in [0.15, 0.2) is 22.4 Å². The molecule has 0 unspecified atom stereocenters. The molecule has 0 atom stereocenters. The molecule has 1 heterocycles. The Hall–Kier alpha value is -1.27. The summed E-state index contributed by atoms with van der Waals surface area (Å²) in [6, 6.07) is 4.75. The number of halogens is 2. The van der Waals surface area contributed by atoms with E-state index in [1.165, 1.54) is 6.07 Å². The smallest absolute Gasteiger partial charge is 0.424 e. The standard InChI is InChI=1S/C24H36Cl2NO9PS2/c1-6-34-37(29,35-7-2)17-27(23(28)36-24(3,4)5)39(30,31)22-15-18-14-19(32-12-8-10-25)20(16-21(18)38-22)33-13-9-11-26/h14-16H,6-13,17H2,1-5H3. The number of thiophene rings is 1. The monoisotopic (exact) mass is 647 g/mol. The first-order valence-electron chi connectivity index (χ1n) is 12.4. The van der Waals surface area contributed by atoms with Gasteiger partial charge in [0.15, 0.2) is 11.5 Å². The van der Waals surface area contributed by atoms with Crippen LogP contribution in [-0.2, 0) is 28.4 Å². The lowest BCUT2D eigenvalue weighted by Crippen LogP contribution is -2.41. The minimum Gasteiger partial charge on any atom is -0.490 e. The van der Waals surface area contributed by atoms with Crippen LogP contribution in [-0.4, -0.2) is 68.9 Å². The molecule has 0 aliphatic carbocycles. The van der Waals surface area contributed by atoms with Crippen molar-refractivity contribution >= 4 is 68.3 Å². The summed E-state index contributed by atoms with van der Waals surface area (Å²) in [4.78, 5) is 13.1. The van der Waals surface area contributed by atoms with Gasteiger partial charge in [-0.3, -0.25) is 4.57 Å². The average Bonchev–Trinajstić information content (AvgIpc) is 3.26. The van der Waals surface area contributed by atoms with Crippen LogP contribution in [0.2, 0.25) is 0 Å². The molecule has 0 N–H and O–H groups in total. The van der Waals surface area contributed by atoms with Crippen LogP contribution in [0.3, 0.4) is 0 Å². The van der Waals surface area contributed by atoms with Crippen LogP contribution in [0.5, 0.6) is 11.5 Å². The van der Waals surface area contributed by atoms with E-state index in [9.17, 15) is 17.8 Å². The molecule has 0 bridgehead atoms. The second-order valence-electron chi connectivity index (χ2n) is 9.11. The maximum absolute atomic E-state index is 13.8. The lowest BCUT2D eigenvalue weighted by atomic mass is 10.2. The summed E-state index contributed by atoms with van der Waals surface area (Å²) in [6.07, 6.45) is -0.835. The van der Waals surface area contributed by atoms with Gasteiger partial charge in [-0.1, -0.05) is 0 Å². The topological polar surface area (TPSA) is 118 Å². The molecule has 0 saturated heterocycles. The summed E-state index contributed by atoms with van der Waals surface area (Å²) < 4.78 is 69.3. The van der Waals surface area contributed by atoms with E-state index in [0.29, 0.717) is 63.7 Å². The highest BCUT2D eigenvalue weighted by atomic mass is 35.5. The zero-order valence-corrected chi connectivity index (χ0v) is 26.8. The summed E-state index contributed by atoms with van der Waals surface area (Å²) in [5.74, 6) is 1.68. The highest BCUT2D eigenvalue weighted by Gasteiger charge is 2.41. The van der Waals surface area contributed by atoms with E-state index in [1.807, 2.05) is 0 Å². The quantitative estimate of drug-likeness (QED) is 0.107. The maximum Gasteiger partial charge on any atom is 0.424 e. The Bertz CT molecular complexity index is 1190. The van der Waals surface area contributed by atoms with E-state index < -0.39 is 35.6 Å². The van der Waals surface area contributed by atoms with E-state index in [-0.39, 0.29) is 17.4 Å². The minimum atomic E-state index is -4.54. The third kappa shape index (κ3) is 9.95. The summed E-state index contributed by atoms with van der Waals surface area (Å²) in [5.41, 5.74) is -1.02. The number of benzene rings is 1. The second kappa shape index (κ2) is 15.1. The van der Waals surface area contributed by atoms with Gasteiger partial charge in [-0.15, -0.1) is 34.5 Å². The van der Waals surface area contributed by atoms with Gasteiger partial charge in [0.2, 0.25) is 0 Å². The predicted molar refractivity (Wildman–Crippen MR) is 154 cm³/mol. The van der Waals surface area contributed by atoms with Gasteiger partial charge in [-0.2, -0.15) is 12.7 Å². The first-order valence-corrected chi connectivity index (χ1v) is 17.4. The van der Waals surface area contributed by atoms with E-state index in [0.717, 1.165) is 11.3 Å². The number of alkyl halides is 2. The molecular formula is C24H36Cl2NO9PS2. The number of rotatable bonds is 16. The lowest BCUT2D eigenvalue weighted by molar-refractivity contribution is 0.0399. The first-order chi connectivity index (χ1) is 18.3. The van der Waals surface area contributed by atoms with Crippen LogP contribution in [0.4, 0.5) is 4.79 Å². The van der Waals surface area contributed by atoms with E-state index >= 15 is 0 Å². The van der Waals surface area contributed by atoms with Crippen molar-refractivity contribution in [2.24, 2.45) is 0 Å². The van der Waals surface area contributed by atoms with Crippen molar-refractivity contribution in [3.63, 3.8) is 0 Å². The molecule has 0 spiro atoms. The summed E-state index contributed by atoms with van der Waals surface area (Å²) >= 11 is 12.5. The van der Waals surface area contributed by atoms with Gasteiger partial charge in [-0.05, 0) is 65.0 Å². The van der Waals surface area contributed by atoms with E-state index in [4.69, 9.17) is 46.5 Å². The third-order valence-electron chi connectivity index (χ3n) is 4.73. The minimum absolute atomic E-state index is 0.0125. The highest BCUT2D eigenvalue weighted by Crippen LogP contribution is 2.50. The van der Waals surface area contributed by atoms with E-state index in [2.05, 4.69) is 0 Å². The van der Waals surface area contributed by atoms with Gasteiger partial charge < -0.3 is 23.3 Å². The molecule has 0 saturated carbocycles. The van der Waals surface area contributed by atoms with Gasteiger partial charge in [0.1, 0.15) is 16.1 Å². The van der Waals surface area contributed by atoms with Gasteiger partial charge in [0, 0.05) is 22.5 Å². The number of carbonyl (C=O) groups excluding carboxylic acids is 1. The first kappa shape index (κ1) is 33.9. The zero-order chi connectivity index (χ0) is 29.3. The normalized spacial score (nSPS) is 12.5. The molecule has 2 rings (SSSR count). The molecule has 1 aromatic carbocycles. The fourth-order valence-electron chi connectivity index (χ4n) is 3.17. The van der Waals surface area contributed by atoms with Crippen molar-refractivity contribution < 1.29 is 41.0 Å². The van der Waals surface area contributed by atoms with Crippen LogP contribution >= 0.6 is 42.1 Å². The average molecular weight is 649 g/mol. The van der Waals surface area contributed by atoms with Crippen molar-refractivity contribution in [3.8, 4) is 11.5 Å². The highest BCUT2D eigenvalue weighted by molar-refractivity contribution is 7.92. The largest absolute Gasteiger partial charge is 0.490 e. The van der Waals surface area contributed by atoms with Crippen molar-refractivity contribution in [1.82, 2.24) is 4.31 Å². The van der Waals surface area contributed by atoms with Crippen LogP contribution < -0.4 is 9.47 Å². The molecule has 0 radical (unpaired) electrons. The maximum atomic E-state index is 13.8. The van der Waals surface area contributed by atoms with Gasteiger partial charge >= 0.3 is 13.7 Å². The molecule has 10 nitrogen and oxygen atoms in total. The van der Waals surface area contributed by atoms with E-state index in [1.54, 1.807) is 46.8 Å². The van der Waals surface area contributed by atoms with Crippen molar-refractivity contribution in [2.45, 2.75) is 57.3 Å². The van der Waals surface area contributed by atoms with Crippen molar-refractivity contribution in [3.05, 3.63) is 18.2 Å². The molecule has 0 fully saturated rings. The molecule has 15 heteroatoms. The van der Waals surface area contributed by atoms with Crippen molar-refractivity contribution in [2.75, 3.05) is 44.5 Å². The Morgan fingerprint density at radius 2 is 1.51 bits per heavy atom. The number of hydrogen-bond acceptors (Lipinski definition) is 10. The van der Waals surface area contributed by atoms with Gasteiger partial charge in [0.25, 0.3) is 10.0 Å². The number of amides is 1. The SMILES string of the molecule is CCOP(=O)(CN(C(=O)OC(C)(C)C)S(=O)(=O)c1cc2cc(OCCCCl)c(OCCCCl)cc2s1)OCC. The Kier molecular flexibility index (Phi) is 13.1. The molecule has 1 aromatic heterocycles. The molecular weight excluding hydrogens is 612 g/mol. The predicted octanol–water partition coefficient (Wildman–Crippen LogP) is 7.07. The van der Waals surface area contributed by atoms with Gasteiger partial charge in [0.05, 0.1) is 26.4 Å². The number of fused-ring (bicyclic) bond motifs is 1. The van der Waals surface area contributed by atoms with Crippen LogP contribution in [0.1, 0.15) is 47.5 Å². The number of carbonyl (C=O) groups is 1. The number of sulfonamides is 1. The molecule has 1 amide bonds. The molecule has 222 valence electrons. The summed E-state index contributed by atoms with van der Waals surface area (Å²) in [7, 11) is -8.55. The van der Waals surface area contributed by atoms with Crippen LogP contribution in [0, 0.1) is 0 Å². The molecule has 0 aliphatic rings. The zero-order valence-electron chi connectivity index (χ0n) is 22.7. The lowest BCUT2D eigenvalue weighted by Gasteiger charge is -2.28. The number of nitrogens with zero attached hydrogens (tertiary/aromatic N) is 1. The molecule has 0 aliphatic heterocycles. The number of ether oxygens (including phenoxy) is 3. The molecule has 39 heavy (non-hydrogen) atoms. The fraction of sp³-hybridized carbons (Fsp3) is 0.625. The van der Waals surface area contributed by atoms with Crippen molar-refractivity contribution in [1.29, 1.82) is 0 Å². The third-order valence-corrected chi connectivity index (χ3v) is 10.6. The Morgan fingerprint density at radius 3 is 2.00 bits per heavy atom. The second-order valence-corrected chi connectivity index (χ2v) is 15.1. The summed E-state index contributed by atoms with van der Waals surface area (Å²) in [6.45, 7) is 8.61. The Balaban J connectivity index is 2.57. The Morgan fingerprint density at radius 1 is 0.974 bits per heavy atom. The van der Waals surface area contributed by atoms with Gasteiger partial charge in [-0.25, -0.2) is 4.79 Å². The Labute approximate surface area is 244 Å². The number of hydrogen-bond donors (Lipinski definition) is 0. The van der Waals surface area contributed by atoms with Crippen LogP contribution in [0.25, 0.3) is 10.1 Å². The fourth-order valence-corrected chi connectivity index (χ4v) is 8.37.